The predicted molar refractivity (Wildman–Crippen MR) is 71.1 cm³/mol. The van der Waals surface area contributed by atoms with E-state index >= 15 is 0 Å². The standard InChI is InChI=1S/C11H10N4OS2/c1-7-14-15-6-8(13-11(15)18-7)5-12-10(16)9-3-2-4-17-9/h2-4,6H,5H2,1H3,(H,12,16). The summed E-state index contributed by atoms with van der Waals surface area (Å²) in [5, 5.41) is 9.97. The number of nitrogens with one attached hydrogen (secondary N) is 1. The molecule has 0 aliphatic heterocycles. The van der Waals surface area contributed by atoms with Gasteiger partial charge in [-0.1, -0.05) is 17.4 Å². The van der Waals surface area contributed by atoms with Gasteiger partial charge in [-0.3, -0.25) is 4.79 Å². The number of hydrogen-bond donors (Lipinski definition) is 1. The number of thiophene rings is 1. The summed E-state index contributed by atoms with van der Waals surface area (Å²) in [4.78, 5) is 17.7. The van der Waals surface area contributed by atoms with Gasteiger partial charge in [-0.05, 0) is 18.4 Å². The molecule has 0 bridgehead atoms. The Hall–Kier alpha value is -1.73. The maximum absolute atomic E-state index is 11.7. The molecule has 0 aliphatic carbocycles. The van der Waals surface area contributed by atoms with Crippen LogP contribution in [0.4, 0.5) is 0 Å². The van der Waals surface area contributed by atoms with Crippen LogP contribution in [0.15, 0.2) is 23.7 Å². The summed E-state index contributed by atoms with van der Waals surface area (Å²) in [5.74, 6) is -0.0644. The normalized spacial score (nSPS) is 10.9. The Bertz CT molecular complexity index is 652. The largest absolute Gasteiger partial charge is 0.346 e. The van der Waals surface area contributed by atoms with E-state index in [0.717, 1.165) is 15.7 Å². The van der Waals surface area contributed by atoms with E-state index < -0.39 is 0 Å². The highest BCUT2D eigenvalue weighted by Gasteiger charge is 2.09. The number of carbonyl (C=O) groups excluding carboxylic acids is 1. The molecule has 0 aromatic carbocycles. The van der Waals surface area contributed by atoms with E-state index in [9.17, 15) is 4.79 Å². The van der Waals surface area contributed by atoms with Crippen molar-refractivity contribution in [1.82, 2.24) is 19.9 Å². The average molecular weight is 278 g/mol. The molecule has 5 nitrogen and oxygen atoms in total. The minimum atomic E-state index is -0.0644. The van der Waals surface area contributed by atoms with Crippen molar-refractivity contribution in [3.63, 3.8) is 0 Å². The number of carbonyl (C=O) groups is 1. The first kappa shape index (κ1) is 11.4. The molecule has 3 heterocycles. The summed E-state index contributed by atoms with van der Waals surface area (Å²) in [6.45, 7) is 2.36. The van der Waals surface area contributed by atoms with Crippen LogP contribution in [-0.4, -0.2) is 20.5 Å². The summed E-state index contributed by atoms with van der Waals surface area (Å²) in [7, 11) is 0. The fraction of sp³-hybridized carbons (Fsp3) is 0.182. The highest BCUT2D eigenvalue weighted by Crippen LogP contribution is 2.13. The van der Waals surface area contributed by atoms with Crippen molar-refractivity contribution in [3.05, 3.63) is 39.3 Å². The fourth-order valence-corrected chi connectivity index (χ4v) is 2.98. The van der Waals surface area contributed by atoms with Crippen LogP contribution in [-0.2, 0) is 6.54 Å². The molecule has 0 saturated carbocycles. The number of rotatable bonds is 3. The molecule has 3 rings (SSSR count). The third-order valence-corrected chi connectivity index (χ3v) is 4.08. The van der Waals surface area contributed by atoms with E-state index in [1.807, 2.05) is 24.6 Å². The highest BCUT2D eigenvalue weighted by molar-refractivity contribution is 7.16. The number of aromatic nitrogens is 3. The Morgan fingerprint density at radius 1 is 1.56 bits per heavy atom. The van der Waals surface area contributed by atoms with Crippen LogP contribution in [0.2, 0.25) is 0 Å². The number of aryl methyl sites for hydroxylation is 1. The summed E-state index contributed by atoms with van der Waals surface area (Å²) in [6.07, 6.45) is 1.84. The Balaban J connectivity index is 1.69. The van der Waals surface area contributed by atoms with Crippen molar-refractivity contribution in [2.75, 3.05) is 0 Å². The molecular weight excluding hydrogens is 268 g/mol. The van der Waals surface area contributed by atoms with E-state index in [2.05, 4.69) is 15.4 Å². The minimum absolute atomic E-state index is 0.0644. The molecule has 0 saturated heterocycles. The molecular formula is C11H10N4OS2. The smallest absolute Gasteiger partial charge is 0.261 e. The monoisotopic (exact) mass is 278 g/mol. The molecule has 0 aliphatic rings. The van der Waals surface area contributed by atoms with Gasteiger partial charge in [-0.2, -0.15) is 5.10 Å². The van der Waals surface area contributed by atoms with E-state index in [-0.39, 0.29) is 5.91 Å². The quantitative estimate of drug-likeness (QED) is 0.798. The molecule has 0 fully saturated rings. The van der Waals surface area contributed by atoms with Crippen LogP contribution in [0.5, 0.6) is 0 Å². The Kier molecular flexibility index (Phi) is 2.85. The second-order valence-corrected chi connectivity index (χ2v) is 5.85. The zero-order chi connectivity index (χ0) is 12.5. The molecule has 0 atom stereocenters. The van der Waals surface area contributed by atoms with E-state index in [1.54, 1.807) is 10.6 Å². The summed E-state index contributed by atoms with van der Waals surface area (Å²) >= 11 is 2.96. The lowest BCUT2D eigenvalue weighted by Crippen LogP contribution is -2.21. The average Bonchev–Trinajstić information content (AvgIpc) is 3.00. The topological polar surface area (TPSA) is 59.3 Å². The Morgan fingerprint density at radius 2 is 2.44 bits per heavy atom. The van der Waals surface area contributed by atoms with Gasteiger partial charge in [0.15, 0.2) is 0 Å². The molecule has 1 amide bonds. The Labute approximate surface area is 111 Å². The fourth-order valence-electron chi connectivity index (χ4n) is 1.60. The number of hydrogen-bond acceptors (Lipinski definition) is 5. The molecule has 92 valence electrons. The first-order valence-electron chi connectivity index (χ1n) is 5.36. The summed E-state index contributed by atoms with van der Waals surface area (Å²) in [6, 6.07) is 3.66. The molecule has 0 radical (unpaired) electrons. The molecule has 7 heteroatoms. The maximum atomic E-state index is 11.7. The van der Waals surface area contributed by atoms with Crippen LogP contribution < -0.4 is 5.32 Å². The lowest BCUT2D eigenvalue weighted by Gasteiger charge is -1.99. The molecule has 0 unspecified atom stereocenters. The van der Waals surface area contributed by atoms with Crippen molar-refractivity contribution >= 4 is 33.5 Å². The third-order valence-electron chi connectivity index (χ3n) is 2.37. The van der Waals surface area contributed by atoms with Gasteiger partial charge in [-0.25, -0.2) is 9.50 Å². The van der Waals surface area contributed by atoms with Gasteiger partial charge in [0.1, 0.15) is 5.01 Å². The maximum Gasteiger partial charge on any atom is 0.261 e. The number of fused-ring (bicyclic) bond motifs is 1. The summed E-state index contributed by atoms with van der Waals surface area (Å²) < 4.78 is 1.74. The van der Waals surface area contributed by atoms with Crippen molar-refractivity contribution < 1.29 is 4.79 Å². The van der Waals surface area contributed by atoms with Crippen molar-refractivity contribution in [3.8, 4) is 0 Å². The third kappa shape index (κ3) is 2.14. The first-order chi connectivity index (χ1) is 8.72. The van der Waals surface area contributed by atoms with Gasteiger partial charge < -0.3 is 5.32 Å². The summed E-state index contributed by atoms with van der Waals surface area (Å²) in [5.41, 5.74) is 0.818. The van der Waals surface area contributed by atoms with Crippen LogP contribution in [0.3, 0.4) is 0 Å². The van der Waals surface area contributed by atoms with Gasteiger partial charge in [0.25, 0.3) is 5.91 Å². The number of nitrogens with zero attached hydrogens (tertiary/aromatic N) is 3. The molecule has 1 N–H and O–H groups in total. The number of imidazole rings is 1. The molecule has 18 heavy (non-hydrogen) atoms. The van der Waals surface area contributed by atoms with E-state index in [0.29, 0.717) is 11.4 Å². The van der Waals surface area contributed by atoms with Crippen molar-refractivity contribution in [1.29, 1.82) is 0 Å². The minimum Gasteiger partial charge on any atom is -0.346 e. The predicted octanol–water partition coefficient (Wildman–Crippen LogP) is 2.09. The van der Waals surface area contributed by atoms with Crippen LogP contribution >= 0.6 is 22.7 Å². The van der Waals surface area contributed by atoms with Crippen molar-refractivity contribution in [2.45, 2.75) is 13.5 Å². The Morgan fingerprint density at radius 3 is 3.17 bits per heavy atom. The van der Waals surface area contributed by atoms with Gasteiger partial charge >= 0.3 is 0 Å². The van der Waals surface area contributed by atoms with Gasteiger partial charge in [-0.15, -0.1) is 11.3 Å². The molecule has 3 aromatic rings. The second-order valence-electron chi connectivity index (χ2n) is 3.74. The van der Waals surface area contributed by atoms with Crippen LogP contribution in [0, 0.1) is 6.92 Å². The van der Waals surface area contributed by atoms with Crippen LogP contribution in [0.1, 0.15) is 20.4 Å². The molecule has 0 spiro atoms. The lowest BCUT2D eigenvalue weighted by atomic mass is 10.4. The van der Waals surface area contributed by atoms with Gasteiger partial charge in [0.05, 0.1) is 23.3 Å². The van der Waals surface area contributed by atoms with Crippen molar-refractivity contribution in [2.24, 2.45) is 0 Å². The lowest BCUT2D eigenvalue weighted by molar-refractivity contribution is 0.0954. The van der Waals surface area contributed by atoms with Crippen LogP contribution in [0.25, 0.3) is 4.96 Å². The SMILES string of the molecule is Cc1nn2cc(CNC(=O)c3cccs3)nc2s1. The zero-order valence-corrected chi connectivity index (χ0v) is 11.2. The zero-order valence-electron chi connectivity index (χ0n) is 9.58. The highest BCUT2D eigenvalue weighted by atomic mass is 32.1. The van der Waals surface area contributed by atoms with E-state index in [4.69, 9.17) is 0 Å². The number of amides is 1. The van der Waals surface area contributed by atoms with Gasteiger partial charge in [0.2, 0.25) is 4.96 Å². The molecule has 3 aromatic heterocycles. The first-order valence-corrected chi connectivity index (χ1v) is 7.05. The van der Waals surface area contributed by atoms with Gasteiger partial charge in [0, 0.05) is 0 Å². The van der Waals surface area contributed by atoms with E-state index in [1.165, 1.54) is 22.7 Å². The second kappa shape index (κ2) is 4.51.